The number of aromatic nitrogens is 4. The first-order valence-corrected chi connectivity index (χ1v) is 15.4. The third-order valence-corrected chi connectivity index (χ3v) is 8.49. The molecule has 0 fully saturated rings. The fraction of sp³-hybridized carbons (Fsp3) is 0.269. The number of carbonyl (C=O) groups is 2. The van der Waals surface area contributed by atoms with Gasteiger partial charge >= 0.3 is 0 Å². The summed E-state index contributed by atoms with van der Waals surface area (Å²) in [7, 11) is 0. The van der Waals surface area contributed by atoms with E-state index in [9.17, 15) is 9.59 Å². The van der Waals surface area contributed by atoms with E-state index in [1.807, 2.05) is 55.0 Å². The highest BCUT2D eigenvalue weighted by Crippen LogP contribution is 2.29. The smallest absolute Gasteiger partial charge is 0.253 e. The number of nitrogens with one attached hydrogen (secondary N) is 2. The monoisotopic (exact) mass is 666 g/mol. The molecule has 0 saturated carbocycles. The van der Waals surface area contributed by atoms with E-state index in [2.05, 4.69) is 41.7 Å². The second-order valence-corrected chi connectivity index (χ2v) is 12.3. The molecule has 2 aromatic carbocycles. The van der Waals surface area contributed by atoms with Crippen molar-refractivity contribution in [3.63, 3.8) is 0 Å². The molecule has 13 heteroatoms. The van der Waals surface area contributed by atoms with E-state index in [-0.39, 0.29) is 28.5 Å². The number of nitrogens with zero attached hydrogens (tertiary/aromatic N) is 4. The molecule has 4 rings (SSSR count). The number of hydrogen-bond acceptors (Lipinski definition) is 7. The third kappa shape index (κ3) is 7.40. The Morgan fingerprint density at radius 2 is 1.87 bits per heavy atom. The SMILES string of the molecule is CCn1c(SCC(=O)Nc2nc(-c3ccc(Br)cc3)cs2)nnc1[C@@H](NC(=O)c1ccc(Cl)cc1Cl)C(C)C. The van der Waals surface area contributed by atoms with Crippen molar-refractivity contribution < 1.29 is 9.59 Å². The zero-order chi connectivity index (χ0) is 28.1. The summed E-state index contributed by atoms with van der Waals surface area (Å²) in [5.41, 5.74) is 2.09. The number of amides is 2. The van der Waals surface area contributed by atoms with Gasteiger partial charge in [0.05, 0.1) is 28.1 Å². The highest BCUT2D eigenvalue weighted by atomic mass is 79.9. The molecule has 2 amide bonds. The van der Waals surface area contributed by atoms with Crippen LogP contribution in [0.4, 0.5) is 5.13 Å². The van der Waals surface area contributed by atoms with Gasteiger partial charge < -0.3 is 15.2 Å². The Morgan fingerprint density at radius 3 is 2.54 bits per heavy atom. The zero-order valence-electron chi connectivity index (χ0n) is 21.2. The number of thiazole rings is 1. The van der Waals surface area contributed by atoms with E-state index >= 15 is 0 Å². The maximum atomic E-state index is 13.0. The number of carbonyl (C=O) groups excluding carboxylic acids is 2. The number of thioether (sulfide) groups is 1. The molecule has 4 aromatic rings. The lowest BCUT2D eigenvalue weighted by atomic mass is 10.0. The number of benzene rings is 2. The molecule has 0 aliphatic heterocycles. The quantitative estimate of drug-likeness (QED) is 0.172. The van der Waals surface area contributed by atoms with Gasteiger partial charge in [0.15, 0.2) is 16.1 Å². The average molecular weight is 668 g/mol. The maximum Gasteiger partial charge on any atom is 0.253 e. The molecule has 2 heterocycles. The zero-order valence-corrected chi connectivity index (χ0v) is 26.0. The minimum Gasteiger partial charge on any atom is -0.342 e. The van der Waals surface area contributed by atoms with Gasteiger partial charge in [0.2, 0.25) is 5.91 Å². The second kappa shape index (κ2) is 13.3. The first kappa shape index (κ1) is 29.5. The molecule has 0 radical (unpaired) electrons. The molecule has 0 aliphatic carbocycles. The predicted octanol–water partition coefficient (Wildman–Crippen LogP) is 7.35. The first-order valence-electron chi connectivity index (χ1n) is 12.0. The lowest BCUT2D eigenvalue weighted by molar-refractivity contribution is -0.113. The lowest BCUT2D eigenvalue weighted by Crippen LogP contribution is -2.34. The Morgan fingerprint density at radius 1 is 1.13 bits per heavy atom. The van der Waals surface area contributed by atoms with Gasteiger partial charge in [0.1, 0.15) is 0 Å². The molecule has 0 aliphatic rings. The van der Waals surface area contributed by atoms with E-state index in [0.29, 0.717) is 33.2 Å². The molecular formula is C26H25BrCl2N6O2S2. The van der Waals surface area contributed by atoms with Crippen LogP contribution >= 0.6 is 62.2 Å². The van der Waals surface area contributed by atoms with Crippen LogP contribution in [0.3, 0.4) is 0 Å². The van der Waals surface area contributed by atoms with E-state index in [1.165, 1.54) is 29.2 Å². The van der Waals surface area contributed by atoms with Crippen molar-refractivity contribution in [3.8, 4) is 11.3 Å². The molecule has 204 valence electrons. The summed E-state index contributed by atoms with van der Waals surface area (Å²) in [4.78, 5) is 30.2. The van der Waals surface area contributed by atoms with Gasteiger partial charge in [0, 0.05) is 27.0 Å². The van der Waals surface area contributed by atoms with E-state index in [1.54, 1.807) is 12.1 Å². The number of anilines is 1. The summed E-state index contributed by atoms with van der Waals surface area (Å²) in [5.74, 6) is 0.216. The number of halogens is 3. The Hall–Kier alpha value is -2.44. The molecule has 39 heavy (non-hydrogen) atoms. The van der Waals surface area contributed by atoms with E-state index in [0.717, 1.165) is 15.7 Å². The molecule has 2 aromatic heterocycles. The van der Waals surface area contributed by atoms with Crippen LogP contribution in [0.1, 0.15) is 43.0 Å². The van der Waals surface area contributed by atoms with Crippen LogP contribution in [0.5, 0.6) is 0 Å². The van der Waals surface area contributed by atoms with Crippen LogP contribution in [0.2, 0.25) is 10.0 Å². The fourth-order valence-corrected chi connectivity index (χ4v) is 6.03. The van der Waals surface area contributed by atoms with E-state index < -0.39 is 6.04 Å². The number of rotatable bonds is 10. The van der Waals surface area contributed by atoms with Crippen LogP contribution in [0, 0.1) is 5.92 Å². The highest BCUT2D eigenvalue weighted by molar-refractivity contribution is 9.10. The molecule has 0 spiro atoms. The average Bonchev–Trinajstić information content (AvgIpc) is 3.53. The third-order valence-electron chi connectivity index (χ3n) is 5.69. The minimum absolute atomic E-state index is 0.0144. The Kier molecular flexibility index (Phi) is 10.1. The molecule has 0 saturated heterocycles. The maximum absolute atomic E-state index is 13.0. The van der Waals surface area contributed by atoms with Crippen LogP contribution in [-0.4, -0.2) is 37.3 Å². The van der Waals surface area contributed by atoms with Crippen molar-refractivity contribution in [2.75, 3.05) is 11.1 Å². The van der Waals surface area contributed by atoms with Gasteiger partial charge in [-0.2, -0.15) is 0 Å². The van der Waals surface area contributed by atoms with Crippen molar-refractivity contribution >= 4 is 79.2 Å². The minimum atomic E-state index is -0.424. The van der Waals surface area contributed by atoms with Crippen LogP contribution in [0.15, 0.2) is 57.5 Å². The van der Waals surface area contributed by atoms with Gasteiger partial charge in [-0.25, -0.2) is 4.98 Å². The molecular weight excluding hydrogens is 643 g/mol. The predicted molar refractivity (Wildman–Crippen MR) is 162 cm³/mol. The van der Waals surface area contributed by atoms with Gasteiger partial charge in [-0.1, -0.05) is 76.9 Å². The molecule has 0 unspecified atom stereocenters. The first-order chi connectivity index (χ1) is 18.7. The van der Waals surface area contributed by atoms with Crippen LogP contribution in [-0.2, 0) is 11.3 Å². The van der Waals surface area contributed by atoms with Gasteiger partial charge in [-0.15, -0.1) is 21.5 Å². The fourth-order valence-electron chi connectivity index (χ4n) is 3.73. The van der Waals surface area contributed by atoms with Crippen molar-refractivity contribution in [3.05, 3.63) is 73.8 Å². The molecule has 1 atom stereocenters. The summed E-state index contributed by atoms with van der Waals surface area (Å²) in [6.07, 6.45) is 0. The summed E-state index contributed by atoms with van der Waals surface area (Å²) in [5, 5.41) is 18.3. The summed E-state index contributed by atoms with van der Waals surface area (Å²) < 4.78 is 2.89. The van der Waals surface area contributed by atoms with E-state index in [4.69, 9.17) is 23.2 Å². The summed E-state index contributed by atoms with van der Waals surface area (Å²) in [6.45, 7) is 6.50. The largest absolute Gasteiger partial charge is 0.342 e. The standard InChI is InChI=1S/C26H25BrCl2N6O2S2/c1-4-35-23(22(14(2)3)32-24(37)18-10-9-17(28)11-19(18)29)33-34-26(35)39-13-21(36)31-25-30-20(12-38-25)15-5-7-16(27)8-6-15/h5-12,14,22H,4,13H2,1-3H3,(H,32,37)(H,30,31,36)/t22-/m0/s1. The lowest BCUT2D eigenvalue weighted by Gasteiger charge is -2.22. The van der Waals surface area contributed by atoms with Gasteiger partial charge in [-0.05, 0) is 43.2 Å². The molecule has 0 bridgehead atoms. The normalized spacial score (nSPS) is 12.0. The number of hydrogen-bond donors (Lipinski definition) is 2. The van der Waals surface area contributed by atoms with Gasteiger partial charge in [-0.3, -0.25) is 9.59 Å². The summed E-state index contributed by atoms with van der Waals surface area (Å²) in [6, 6.07) is 12.1. The van der Waals surface area contributed by atoms with Crippen LogP contribution in [0.25, 0.3) is 11.3 Å². The van der Waals surface area contributed by atoms with Crippen molar-refractivity contribution in [2.45, 2.75) is 38.5 Å². The van der Waals surface area contributed by atoms with Crippen molar-refractivity contribution in [1.29, 1.82) is 0 Å². The van der Waals surface area contributed by atoms with Crippen LogP contribution < -0.4 is 10.6 Å². The summed E-state index contributed by atoms with van der Waals surface area (Å²) >= 11 is 18.3. The topological polar surface area (TPSA) is 102 Å². The van der Waals surface area contributed by atoms with Gasteiger partial charge in [0.25, 0.3) is 5.91 Å². The second-order valence-electron chi connectivity index (χ2n) is 8.79. The van der Waals surface area contributed by atoms with Crippen molar-refractivity contribution in [1.82, 2.24) is 25.1 Å². The Bertz CT molecular complexity index is 1480. The Balaban J connectivity index is 1.41. The Labute approximate surface area is 253 Å². The highest BCUT2D eigenvalue weighted by Gasteiger charge is 2.27. The molecule has 2 N–H and O–H groups in total. The molecule has 8 nitrogen and oxygen atoms in total. The van der Waals surface area contributed by atoms with Crippen molar-refractivity contribution in [2.24, 2.45) is 5.92 Å².